The first-order valence-electron chi connectivity index (χ1n) is 10.6. The number of aliphatic carboxylic acids is 1. The average Bonchev–Trinajstić information content (AvgIpc) is 2.75. The van der Waals surface area contributed by atoms with E-state index in [9.17, 15) is 23.9 Å². The molecule has 3 N–H and O–H groups in total. The third-order valence-electron chi connectivity index (χ3n) is 4.26. The van der Waals surface area contributed by atoms with Gasteiger partial charge in [0.15, 0.2) is 6.04 Å². The predicted octanol–water partition coefficient (Wildman–Crippen LogP) is 4.17. The maximum atomic E-state index is 14.5. The Balaban J connectivity index is 1.78. The first kappa shape index (κ1) is 26.4. The van der Waals surface area contributed by atoms with Crippen molar-refractivity contribution in [1.29, 1.82) is 0 Å². The van der Waals surface area contributed by atoms with Crippen molar-refractivity contribution < 1.29 is 38.1 Å². The minimum Gasteiger partial charge on any atom is -0.493 e. The van der Waals surface area contributed by atoms with Crippen LogP contribution >= 0.6 is 0 Å². The van der Waals surface area contributed by atoms with Crippen LogP contribution in [0.15, 0.2) is 48.5 Å². The summed E-state index contributed by atoms with van der Waals surface area (Å²) >= 11 is 0. The molecule has 0 heterocycles. The highest BCUT2D eigenvalue weighted by Gasteiger charge is 2.28. The summed E-state index contributed by atoms with van der Waals surface area (Å²) in [5, 5.41) is 14.1. The van der Waals surface area contributed by atoms with E-state index in [4.69, 9.17) is 14.2 Å². The number of carbonyl (C=O) groups is 3. The number of alkyl carbamates (subject to hydrolysis) is 2. The highest BCUT2D eigenvalue weighted by atomic mass is 19.1. The normalized spacial score (nSPS) is 11.8. The average molecular weight is 477 g/mol. The van der Waals surface area contributed by atoms with Gasteiger partial charge in [0.25, 0.3) is 0 Å². The number of ether oxygens (including phenoxy) is 3. The van der Waals surface area contributed by atoms with E-state index < -0.39 is 35.6 Å². The van der Waals surface area contributed by atoms with Crippen molar-refractivity contribution >= 4 is 18.2 Å². The maximum absolute atomic E-state index is 14.5. The van der Waals surface area contributed by atoms with E-state index in [1.54, 1.807) is 20.8 Å². The predicted molar refractivity (Wildman–Crippen MR) is 121 cm³/mol. The van der Waals surface area contributed by atoms with Crippen molar-refractivity contribution in [2.75, 3.05) is 13.2 Å². The molecule has 0 aliphatic carbocycles. The lowest BCUT2D eigenvalue weighted by Crippen LogP contribution is -2.38. The molecule has 2 aromatic rings. The summed E-state index contributed by atoms with van der Waals surface area (Å²) < 4.78 is 30.1. The lowest BCUT2D eigenvalue weighted by molar-refractivity contribution is -0.139. The number of carboxylic acids is 1. The summed E-state index contributed by atoms with van der Waals surface area (Å²) in [7, 11) is 0. The molecule has 0 radical (unpaired) electrons. The Morgan fingerprint density at radius 2 is 1.76 bits per heavy atom. The molecule has 0 saturated carbocycles. The van der Waals surface area contributed by atoms with Crippen LogP contribution in [0, 0.1) is 5.82 Å². The fourth-order valence-corrected chi connectivity index (χ4v) is 2.76. The van der Waals surface area contributed by atoms with Gasteiger partial charge in [0.1, 0.15) is 23.8 Å². The molecule has 184 valence electrons. The van der Waals surface area contributed by atoms with Crippen LogP contribution in [0.1, 0.15) is 44.4 Å². The molecule has 9 nitrogen and oxygen atoms in total. The molecule has 0 aromatic heterocycles. The molecule has 1 unspecified atom stereocenters. The molecule has 0 aliphatic heterocycles. The second-order valence-corrected chi connectivity index (χ2v) is 8.29. The monoisotopic (exact) mass is 476 g/mol. The molecule has 2 rings (SSSR count). The number of carboxylic acid groups (broad SMARTS) is 1. The molecule has 0 bridgehead atoms. The van der Waals surface area contributed by atoms with Gasteiger partial charge >= 0.3 is 18.2 Å². The summed E-state index contributed by atoms with van der Waals surface area (Å²) in [6, 6.07) is 11.3. The van der Waals surface area contributed by atoms with Gasteiger partial charge in [0.05, 0.1) is 6.61 Å². The van der Waals surface area contributed by atoms with Gasteiger partial charge in [-0.1, -0.05) is 30.3 Å². The van der Waals surface area contributed by atoms with E-state index in [-0.39, 0.29) is 31.1 Å². The van der Waals surface area contributed by atoms with E-state index in [0.29, 0.717) is 6.42 Å². The quantitative estimate of drug-likeness (QED) is 0.440. The summed E-state index contributed by atoms with van der Waals surface area (Å²) in [5.41, 5.74) is -0.205. The van der Waals surface area contributed by atoms with Crippen LogP contribution in [0.4, 0.5) is 14.0 Å². The molecule has 1 atom stereocenters. The Labute approximate surface area is 197 Å². The number of amides is 2. The zero-order chi connectivity index (χ0) is 25.1. The Morgan fingerprint density at radius 1 is 1.06 bits per heavy atom. The third kappa shape index (κ3) is 9.35. The Morgan fingerprint density at radius 3 is 2.38 bits per heavy atom. The Kier molecular flexibility index (Phi) is 9.66. The molecule has 2 amide bonds. The number of nitrogens with one attached hydrogen (secondary N) is 2. The SMILES string of the molecule is CC(C)(C)OC(=O)NC(C(=O)O)c1ccc(OCCCNC(=O)OCc2ccccc2)cc1F. The summed E-state index contributed by atoms with van der Waals surface area (Å²) in [5.74, 6) is -2.12. The molecule has 0 fully saturated rings. The van der Waals surface area contributed by atoms with E-state index in [2.05, 4.69) is 10.6 Å². The first-order chi connectivity index (χ1) is 16.0. The van der Waals surface area contributed by atoms with Crippen molar-refractivity contribution in [1.82, 2.24) is 10.6 Å². The summed E-state index contributed by atoms with van der Waals surface area (Å²) in [6.45, 7) is 5.50. The lowest BCUT2D eigenvalue weighted by Gasteiger charge is -2.22. The van der Waals surface area contributed by atoms with Gasteiger partial charge in [0, 0.05) is 18.2 Å². The second-order valence-electron chi connectivity index (χ2n) is 8.29. The van der Waals surface area contributed by atoms with E-state index in [1.807, 2.05) is 30.3 Å². The summed E-state index contributed by atoms with van der Waals surface area (Å²) in [4.78, 5) is 35.2. The van der Waals surface area contributed by atoms with Crippen LogP contribution in [-0.4, -0.2) is 42.0 Å². The molecule has 0 spiro atoms. The van der Waals surface area contributed by atoms with Crippen LogP contribution in [0.3, 0.4) is 0 Å². The van der Waals surface area contributed by atoms with Gasteiger partial charge in [-0.05, 0) is 44.9 Å². The standard InChI is InChI=1S/C24H29FN2O7/c1-24(2,3)34-23(31)27-20(21(28)29)18-11-10-17(14-19(18)25)32-13-7-12-26-22(30)33-15-16-8-5-4-6-9-16/h4-6,8-11,14,20H,7,12-13,15H2,1-3H3,(H,26,30)(H,27,31)(H,28,29). The van der Waals surface area contributed by atoms with Crippen LogP contribution in [-0.2, 0) is 20.9 Å². The molecular weight excluding hydrogens is 447 g/mol. The van der Waals surface area contributed by atoms with Crippen molar-refractivity contribution in [3.63, 3.8) is 0 Å². The zero-order valence-corrected chi connectivity index (χ0v) is 19.3. The molecule has 0 aliphatic rings. The van der Waals surface area contributed by atoms with Crippen LogP contribution in [0.25, 0.3) is 0 Å². The van der Waals surface area contributed by atoms with Gasteiger partial charge in [-0.3, -0.25) is 0 Å². The highest BCUT2D eigenvalue weighted by molar-refractivity contribution is 5.81. The van der Waals surface area contributed by atoms with Gasteiger partial charge in [-0.2, -0.15) is 0 Å². The smallest absolute Gasteiger partial charge is 0.408 e. The van der Waals surface area contributed by atoms with Crippen LogP contribution < -0.4 is 15.4 Å². The highest BCUT2D eigenvalue weighted by Crippen LogP contribution is 2.23. The number of halogens is 1. The number of benzene rings is 2. The topological polar surface area (TPSA) is 123 Å². The van der Waals surface area contributed by atoms with Crippen LogP contribution in [0.5, 0.6) is 5.75 Å². The number of hydrogen-bond acceptors (Lipinski definition) is 6. The Bertz CT molecular complexity index is 977. The largest absolute Gasteiger partial charge is 0.493 e. The van der Waals surface area contributed by atoms with Crippen molar-refractivity contribution in [2.24, 2.45) is 0 Å². The van der Waals surface area contributed by atoms with Crippen molar-refractivity contribution in [3.05, 3.63) is 65.5 Å². The fraction of sp³-hybridized carbons (Fsp3) is 0.375. The molecule has 10 heteroatoms. The number of hydrogen-bond donors (Lipinski definition) is 3. The van der Waals surface area contributed by atoms with Crippen molar-refractivity contribution in [2.45, 2.75) is 45.4 Å². The number of rotatable bonds is 10. The third-order valence-corrected chi connectivity index (χ3v) is 4.26. The second kappa shape index (κ2) is 12.4. The van der Waals surface area contributed by atoms with Crippen LogP contribution in [0.2, 0.25) is 0 Å². The molecule has 34 heavy (non-hydrogen) atoms. The zero-order valence-electron chi connectivity index (χ0n) is 19.3. The molecule has 2 aromatic carbocycles. The van der Waals surface area contributed by atoms with Crippen molar-refractivity contribution in [3.8, 4) is 5.75 Å². The first-order valence-corrected chi connectivity index (χ1v) is 10.6. The van der Waals surface area contributed by atoms with Gasteiger partial charge in [-0.25, -0.2) is 18.8 Å². The number of carbonyl (C=O) groups excluding carboxylic acids is 2. The van der Waals surface area contributed by atoms with E-state index in [1.165, 1.54) is 12.1 Å². The Hall–Kier alpha value is -3.82. The maximum Gasteiger partial charge on any atom is 0.408 e. The molecule has 0 saturated heterocycles. The minimum atomic E-state index is -1.63. The van der Waals surface area contributed by atoms with Gasteiger partial charge in [0.2, 0.25) is 0 Å². The lowest BCUT2D eigenvalue weighted by atomic mass is 10.1. The fourth-order valence-electron chi connectivity index (χ4n) is 2.76. The summed E-state index contributed by atoms with van der Waals surface area (Å²) in [6.07, 6.45) is -1.10. The van der Waals surface area contributed by atoms with Gasteiger partial charge in [-0.15, -0.1) is 0 Å². The van der Waals surface area contributed by atoms with Gasteiger partial charge < -0.3 is 30.0 Å². The van der Waals surface area contributed by atoms with E-state index in [0.717, 1.165) is 11.6 Å². The minimum absolute atomic E-state index is 0.162. The van der Waals surface area contributed by atoms with E-state index >= 15 is 0 Å². The molecular formula is C24H29FN2O7.